The van der Waals surface area contributed by atoms with E-state index in [1.165, 1.54) is 0 Å². The van der Waals surface area contributed by atoms with Crippen molar-refractivity contribution in [3.63, 3.8) is 0 Å². The molecule has 0 N–H and O–H groups in total. The van der Waals surface area contributed by atoms with E-state index in [0.717, 1.165) is 63.7 Å². The summed E-state index contributed by atoms with van der Waals surface area (Å²) in [6.45, 7) is 3.64. The molecule has 136 valence electrons. The number of halogens is 1. The van der Waals surface area contributed by atoms with Gasteiger partial charge in [-0.05, 0) is 24.3 Å². The second-order valence-corrected chi connectivity index (χ2v) is 7.45. The fraction of sp³-hybridized carbons (Fsp3) is 0.316. The Kier molecular flexibility index (Phi) is 4.78. The lowest BCUT2D eigenvalue weighted by molar-refractivity contribution is 0.413. The van der Waals surface area contributed by atoms with Gasteiger partial charge in [-0.1, -0.05) is 35.1 Å². The Bertz CT molecular complexity index is 922. The maximum Gasteiger partial charge on any atom is 0.186 e. The van der Waals surface area contributed by atoms with Crippen molar-refractivity contribution in [2.45, 2.75) is 0 Å². The number of hydrogen-bond acceptors (Lipinski definition) is 6. The number of aromatic nitrogens is 1. The number of thiazole rings is 1. The number of rotatable bonds is 4. The van der Waals surface area contributed by atoms with E-state index in [1.54, 1.807) is 25.6 Å². The van der Waals surface area contributed by atoms with Crippen LogP contribution in [-0.2, 0) is 0 Å². The number of para-hydroxylation sites is 2. The van der Waals surface area contributed by atoms with Crippen molar-refractivity contribution in [2.24, 2.45) is 0 Å². The van der Waals surface area contributed by atoms with Crippen molar-refractivity contribution in [3.05, 3.63) is 41.4 Å². The molecule has 0 atom stereocenters. The maximum absolute atomic E-state index is 6.35. The van der Waals surface area contributed by atoms with Crippen LogP contribution in [0.1, 0.15) is 0 Å². The highest BCUT2D eigenvalue weighted by atomic mass is 35.5. The predicted molar refractivity (Wildman–Crippen MR) is 109 cm³/mol. The first-order valence-electron chi connectivity index (χ1n) is 8.47. The molecule has 1 aliphatic heterocycles. The largest absolute Gasteiger partial charge is 0.495 e. The number of anilines is 2. The number of ether oxygens (including phenoxy) is 2. The molecule has 0 amide bonds. The van der Waals surface area contributed by atoms with Crippen LogP contribution in [-0.4, -0.2) is 45.4 Å². The van der Waals surface area contributed by atoms with Crippen LogP contribution in [0.25, 0.3) is 10.2 Å². The van der Waals surface area contributed by atoms with Crippen molar-refractivity contribution < 1.29 is 9.47 Å². The number of fused-ring (bicyclic) bond motifs is 1. The van der Waals surface area contributed by atoms with E-state index in [2.05, 4.69) is 15.9 Å². The molecule has 0 radical (unpaired) electrons. The SMILES string of the molecule is COc1ccccc1N1CCN(c2nc3c(OC)ccc(Cl)c3s2)CC1. The number of benzene rings is 2. The van der Waals surface area contributed by atoms with E-state index in [9.17, 15) is 0 Å². The van der Waals surface area contributed by atoms with Gasteiger partial charge in [0.1, 0.15) is 17.0 Å². The summed E-state index contributed by atoms with van der Waals surface area (Å²) in [5, 5.41) is 1.71. The van der Waals surface area contributed by atoms with Gasteiger partial charge in [0.15, 0.2) is 5.13 Å². The monoisotopic (exact) mass is 389 g/mol. The number of hydrogen-bond donors (Lipinski definition) is 0. The third kappa shape index (κ3) is 3.04. The lowest BCUT2D eigenvalue weighted by atomic mass is 10.2. The van der Waals surface area contributed by atoms with Gasteiger partial charge in [0.25, 0.3) is 0 Å². The van der Waals surface area contributed by atoms with Gasteiger partial charge in [-0.15, -0.1) is 0 Å². The van der Waals surface area contributed by atoms with Crippen molar-refractivity contribution in [1.29, 1.82) is 0 Å². The summed E-state index contributed by atoms with van der Waals surface area (Å²) in [6, 6.07) is 11.9. The highest BCUT2D eigenvalue weighted by Gasteiger charge is 2.23. The maximum atomic E-state index is 6.35. The molecule has 1 saturated heterocycles. The summed E-state index contributed by atoms with van der Waals surface area (Å²) in [7, 11) is 3.38. The van der Waals surface area contributed by atoms with Gasteiger partial charge in [-0.2, -0.15) is 0 Å². The molecule has 3 aromatic rings. The van der Waals surface area contributed by atoms with E-state index < -0.39 is 0 Å². The number of methoxy groups -OCH3 is 2. The summed E-state index contributed by atoms with van der Waals surface area (Å²) in [4.78, 5) is 9.46. The molecule has 2 aromatic carbocycles. The lowest BCUT2D eigenvalue weighted by Crippen LogP contribution is -2.46. The van der Waals surface area contributed by atoms with Crippen molar-refractivity contribution >= 4 is 44.0 Å². The molecular weight excluding hydrogens is 370 g/mol. The molecule has 1 fully saturated rings. The first-order valence-corrected chi connectivity index (χ1v) is 9.66. The van der Waals surface area contributed by atoms with E-state index in [0.29, 0.717) is 0 Å². The van der Waals surface area contributed by atoms with E-state index in [4.69, 9.17) is 26.1 Å². The van der Waals surface area contributed by atoms with Gasteiger partial charge in [-0.25, -0.2) is 4.98 Å². The zero-order valence-electron chi connectivity index (χ0n) is 14.7. The molecule has 1 aliphatic rings. The quantitative estimate of drug-likeness (QED) is 0.665. The Morgan fingerprint density at radius 2 is 1.62 bits per heavy atom. The Labute approximate surface area is 161 Å². The minimum atomic E-state index is 0.720. The highest BCUT2D eigenvalue weighted by molar-refractivity contribution is 7.22. The molecule has 7 heteroatoms. The molecule has 5 nitrogen and oxygen atoms in total. The summed E-state index contributed by atoms with van der Waals surface area (Å²) in [5.74, 6) is 1.68. The third-order valence-corrected chi connectivity index (χ3v) is 6.22. The van der Waals surface area contributed by atoms with E-state index in [1.807, 2.05) is 30.3 Å². The van der Waals surface area contributed by atoms with Gasteiger partial charge >= 0.3 is 0 Å². The molecule has 0 spiro atoms. The summed E-state index contributed by atoms with van der Waals surface area (Å²) in [6.07, 6.45) is 0. The Balaban J connectivity index is 1.55. The van der Waals surface area contributed by atoms with Crippen LogP contribution in [0.5, 0.6) is 11.5 Å². The molecular formula is C19H20ClN3O2S. The average molecular weight is 390 g/mol. The molecule has 0 saturated carbocycles. The molecule has 4 rings (SSSR count). The van der Waals surface area contributed by atoms with Gasteiger partial charge < -0.3 is 19.3 Å². The molecule has 0 unspecified atom stereocenters. The van der Waals surface area contributed by atoms with Crippen LogP contribution in [0.2, 0.25) is 5.02 Å². The number of nitrogens with zero attached hydrogens (tertiary/aromatic N) is 3. The van der Waals surface area contributed by atoms with Crippen LogP contribution in [0.15, 0.2) is 36.4 Å². The van der Waals surface area contributed by atoms with Gasteiger partial charge in [0.2, 0.25) is 0 Å². The van der Waals surface area contributed by atoms with Crippen LogP contribution in [0.3, 0.4) is 0 Å². The van der Waals surface area contributed by atoms with Crippen LogP contribution >= 0.6 is 22.9 Å². The topological polar surface area (TPSA) is 37.8 Å². The normalized spacial score (nSPS) is 14.7. The van der Waals surface area contributed by atoms with Crippen LogP contribution in [0.4, 0.5) is 10.8 Å². The highest BCUT2D eigenvalue weighted by Crippen LogP contribution is 2.39. The first kappa shape index (κ1) is 17.2. The zero-order chi connectivity index (χ0) is 18.1. The molecule has 0 aliphatic carbocycles. The van der Waals surface area contributed by atoms with Crippen LogP contribution in [0, 0.1) is 0 Å². The van der Waals surface area contributed by atoms with Gasteiger partial charge in [-0.3, -0.25) is 0 Å². The Hall–Kier alpha value is -2.18. The van der Waals surface area contributed by atoms with E-state index >= 15 is 0 Å². The van der Waals surface area contributed by atoms with Crippen molar-refractivity contribution in [3.8, 4) is 11.5 Å². The molecule has 1 aromatic heterocycles. The van der Waals surface area contributed by atoms with Gasteiger partial charge in [0, 0.05) is 26.2 Å². The third-order valence-electron chi connectivity index (χ3n) is 4.64. The van der Waals surface area contributed by atoms with Crippen molar-refractivity contribution in [1.82, 2.24) is 4.98 Å². The minimum Gasteiger partial charge on any atom is -0.495 e. The second-order valence-electron chi connectivity index (χ2n) is 6.07. The summed E-state index contributed by atoms with van der Waals surface area (Å²) < 4.78 is 11.9. The lowest BCUT2D eigenvalue weighted by Gasteiger charge is -2.36. The van der Waals surface area contributed by atoms with Crippen LogP contribution < -0.4 is 19.3 Å². The minimum absolute atomic E-state index is 0.720. The first-order chi connectivity index (χ1) is 12.7. The average Bonchev–Trinajstić information content (AvgIpc) is 3.15. The fourth-order valence-electron chi connectivity index (χ4n) is 3.27. The summed E-state index contributed by atoms with van der Waals surface area (Å²) >= 11 is 7.97. The predicted octanol–water partition coefficient (Wildman–Crippen LogP) is 4.29. The summed E-state index contributed by atoms with van der Waals surface area (Å²) in [5.41, 5.74) is 1.98. The Morgan fingerprint density at radius 3 is 2.35 bits per heavy atom. The van der Waals surface area contributed by atoms with E-state index in [-0.39, 0.29) is 0 Å². The van der Waals surface area contributed by atoms with Crippen molar-refractivity contribution in [2.75, 3.05) is 50.2 Å². The zero-order valence-corrected chi connectivity index (χ0v) is 16.3. The second kappa shape index (κ2) is 7.21. The Morgan fingerprint density at radius 1 is 0.923 bits per heavy atom. The molecule has 0 bridgehead atoms. The van der Waals surface area contributed by atoms with Gasteiger partial charge in [0.05, 0.1) is 29.6 Å². The fourth-order valence-corrected chi connectivity index (χ4v) is 4.58. The molecule has 2 heterocycles. The molecule has 26 heavy (non-hydrogen) atoms. The smallest absolute Gasteiger partial charge is 0.186 e. The number of piperazine rings is 1. The standard InChI is InChI=1S/C19H20ClN3O2S/c1-24-15-6-4-3-5-14(15)22-9-11-23(12-10-22)19-21-17-16(25-2)8-7-13(20)18(17)26-19/h3-8H,9-12H2,1-2H3.